The van der Waals surface area contributed by atoms with Gasteiger partial charge in [0, 0.05) is 50.3 Å². The van der Waals surface area contributed by atoms with E-state index in [9.17, 15) is 14.4 Å². The number of rotatable bonds is 3. The molecule has 0 spiro atoms. The van der Waals surface area contributed by atoms with Crippen molar-refractivity contribution in [3.63, 3.8) is 0 Å². The number of carbonyl (C=O) groups excluding carboxylic acids is 2. The Morgan fingerprint density at radius 1 is 1.06 bits per heavy atom. The Kier molecular flexibility index (Phi) is 5.76. The Labute approximate surface area is 187 Å². The molecule has 1 saturated carbocycles. The smallest absolute Gasteiger partial charge is 0.254 e. The zero-order chi connectivity index (χ0) is 22.1. The molecule has 168 valence electrons. The molecule has 2 amide bonds. The van der Waals surface area contributed by atoms with E-state index in [1.807, 2.05) is 28.0 Å². The third kappa shape index (κ3) is 4.06. The van der Waals surface area contributed by atoms with Crippen LogP contribution in [0.4, 0.5) is 0 Å². The van der Waals surface area contributed by atoms with E-state index in [2.05, 4.69) is 15.0 Å². The average molecular weight is 436 g/mol. The van der Waals surface area contributed by atoms with Crippen molar-refractivity contribution < 1.29 is 9.59 Å². The van der Waals surface area contributed by atoms with Gasteiger partial charge in [0.2, 0.25) is 11.8 Å². The highest BCUT2D eigenvalue weighted by molar-refractivity contribution is 5.89. The summed E-state index contributed by atoms with van der Waals surface area (Å²) in [5.74, 6) is 0.330. The Balaban J connectivity index is 1.28. The number of likely N-dealkylation sites (tertiary alicyclic amines) is 1. The first-order valence-electron chi connectivity index (χ1n) is 11.7. The van der Waals surface area contributed by atoms with Crippen molar-refractivity contribution >= 4 is 11.8 Å². The van der Waals surface area contributed by atoms with Gasteiger partial charge in [-0.05, 0) is 31.4 Å². The van der Waals surface area contributed by atoms with Crippen LogP contribution in [0.1, 0.15) is 49.8 Å². The van der Waals surface area contributed by atoms with Crippen LogP contribution in [0, 0.1) is 5.92 Å². The van der Waals surface area contributed by atoms with Crippen LogP contribution in [-0.4, -0.2) is 62.2 Å². The van der Waals surface area contributed by atoms with E-state index in [1.165, 1.54) is 19.3 Å². The van der Waals surface area contributed by atoms with Gasteiger partial charge in [0.15, 0.2) is 5.82 Å². The summed E-state index contributed by atoms with van der Waals surface area (Å²) < 4.78 is 0. The molecule has 0 bridgehead atoms. The van der Waals surface area contributed by atoms with Gasteiger partial charge >= 0.3 is 0 Å². The van der Waals surface area contributed by atoms with Gasteiger partial charge in [0.25, 0.3) is 5.56 Å². The number of nitrogens with zero attached hydrogens (tertiary/aromatic N) is 4. The minimum Gasteiger partial charge on any atom is -0.342 e. The topological polar surface area (TPSA) is 99.3 Å². The first kappa shape index (κ1) is 20.8. The molecule has 4 heterocycles. The molecule has 8 heteroatoms. The molecule has 8 nitrogen and oxygen atoms in total. The third-order valence-electron chi connectivity index (χ3n) is 7.09. The van der Waals surface area contributed by atoms with Gasteiger partial charge in [-0.2, -0.15) is 0 Å². The van der Waals surface area contributed by atoms with Crippen molar-refractivity contribution in [3.05, 3.63) is 46.0 Å². The predicted octanol–water partition coefficient (Wildman–Crippen LogP) is 1.94. The molecule has 2 aliphatic heterocycles. The van der Waals surface area contributed by atoms with Crippen molar-refractivity contribution in [1.82, 2.24) is 24.8 Å². The average Bonchev–Trinajstić information content (AvgIpc) is 3.08. The third-order valence-corrected chi connectivity index (χ3v) is 7.09. The maximum Gasteiger partial charge on any atom is 0.254 e. The summed E-state index contributed by atoms with van der Waals surface area (Å²) in [6, 6.07) is 5.79. The number of aromatic amines is 1. The zero-order valence-corrected chi connectivity index (χ0v) is 18.3. The number of pyridine rings is 1. The van der Waals surface area contributed by atoms with E-state index in [0.29, 0.717) is 62.0 Å². The fourth-order valence-electron chi connectivity index (χ4n) is 5.35. The van der Waals surface area contributed by atoms with Crippen molar-refractivity contribution in [1.29, 1.82) is 0 Å². The molecular weight excluding hydrogens is 406 g/mol. The molecule has 3 aliphatic rings. The van der Waals surface area contributed by atoms with Gasteiger partial charge in [-0.3, -0.25) is 19.4 Å². The second kappa shape index (κ2) is 8.84. The number of aromatic nitrogens is 3. The minimum atomic E-state index is -0.277. The van der Waals surface area contributed by atoms with Crippen LogP contribution in [0.15, 0.2) is 29.2 Å². The second-order valence-corrected chi connectivity index (χ2v) is 9.12. The SMILES string of the molecule is O=C([C@H]1CC(=O)N(C2CCCCC2)C1)N1CCc2nc(-c3ccccn3)[nH]c(=O)c2CC1. The Morgan fingerprint density at radius 3 is 2.66 bits per heavy atom. The lowest BCUT2D eigenvalue weighted by Crippen LogP contribution is -2.41. The summed E-state index contributed by atoms with van der Waals surface area (Å²) >= 11 is 0. The Hall–Kier alpha value is -3.03. The van der Waals surface area contributed by atoms with Crippen molar-refractivity contribution in [2.75, 3.05) is 19.6 Å². The monoisotopic (exact) mass is 435 g/mol. The molecule has 1 saturated heterocycles. The Morgan fingerprint density at radius 2 is 1.88 bits per heavy atom. The first-order chi connectivity index (χ1) is 15.6. The summed E-state index contributed by atoms with van der Waals surface area (Å²) in [4.78, 5) is 54.2. The van der Waals surface area contributed by atoms with Crippen molar-refractivity contribution in [2.24, 2.45) is 5.92 Å². The van der Waals surface area contributed by atoms with Gasteiger partial charge < -0.3 is 14.8 Å². The maximum absolute atomic E-state index is 13.3. The van der Waals surface area contributed by atoms with E-state index in [-0.39, 0.29) is 23.3 Å². The van der Waals surface area contributed by atoms with Crippen molar-refractivity contribution in [3.8, 4) is 11.5 Å². The highest BCUT2D eigenvalue weighted by Gasteiger charge is 2.40. The standard InChI is InChI=1S/C24H29N5O3/c30-21-14-16(15-29(21)17-6-2-1-3-7-17)24(32)28-12-9-18-19(10-13-28)26-22(27-23(18)31)20-8-4-5-11-25-20/h4-5,8,11,16-17H,1-3,6-7,9-10,12-15H2,(H,26,27,31)/t16-/m0/s1. The largest absolute Gasteiger partial charge is 0.342 e. The molecule has 32 heavy (non-hydrogen) atoms. The second-order valence-electron chi connectivity index (χ2n) is 9.12. The molecule has 2 fully saturated rings. The number of fused-ring (bicyclic) bond motifs is 1. The molecule has 2 aromatic rings. The fraction of sp³-hybridized carbons (Fsp3) is 0.542. The molecule has 1 aliphatic carbocycles. The zero-order valence-electron chi connectivity index (χ0n) is 18.3. The lowest BCUT2D eigenvalue weighted by atomic mass is 9.94. The number of nitrogens with one attached hydrogen (secondary N) is 1. The van der Waals surface area contributed by atoms with Crippen LogP contribution >= 0.6 is 0 Å². The van der Waals surface area contributed by atoms with Crippen LogP contribution in [0.5, 0.6) is 0 Å². The van der Waals surface area contributed by atoms with Crippen LogP contribution < -0.4 is 5.56 Å². The lowest BCUT2D eigenvalue weighted by molar-refractivity contribution is -0.135. The summed E-state index contributed by atoms with van der Waals surface area (Å²) in [5, 5.41) is 0. The number of hydrogen-bond donors (Lipinski definition) is 1. The van der Waals surface area contributed by atoms with Gasteiger partial charge in [0.05, 0.1) is 11.6 Å². The Bertz CT molecular complexity index is 1060. The quantitative estimate of drug-likeness (QED) is 0.794. The van der Waals surface area contributed by atoms with Gasteiger partial charge in [-0.1, -0.05) is 25.3 Å². The first-order valence-corrected chi connectivity index (χ1v) is 11.7. The van der Waals surface area contributed by atoms with E-state index in [4.69, 9.17) is 0 Å². The molecule has 1 N–H and O–H groups in total. The van der Waals surface area contributed by atoms with Crippen LogP contribution in [-0.2, 0) is 22.4 Å². The molecule has 1 atom stereocenters. The van der Waals surface area contributed by atoms with Crippen LogP contribution in [0.2, 0.25) is 0 Å². The van der Waals surface area contributed by atoms with Crippen LogP contribution in [0.3, 0.4) is 0 Å². The molecule has 0 aromatic carbocycles. The minimum absolute atomic E-state index is 0.0332. The molecular formula is C24H29N5O3. The number of H-pyrrole nitrogens is 1. The van der Waals surface area contributed by atoms with E-state index < -0.39 is 0 Å². The van der Waals surface area contributed by atoms with E-state index >= 15 is 0 Å². The molecule has 2 aromatic heterocycles. The van der Waals surface area contributed by atoms with Gasteiger partial charge in [-0.15, -0.1) is 0 Å². The summed E-state index contributed by atoms with van der Waals surface area (Å²) in [5.41, 5.74) is 1.84. The van der Waals surface area contributed by atoms with E-state index in [0.717, 1.165) is 18.5 Å². The molecule has 0 radical (unpaired) electrons. The summed E-state index contributed by atoms with van der Waals surface area (Å²) in [6.45, 7) is 1.53. The van der Waals surface area contributed by atoms with Gasteiger partial charge in [-0.25, -0.2) is 4.98 Å². The fourth-order valence-corrected chi connectivity index (χ4v) is 5.35. The van der Waals surface area contributed by atoms with Crippen molar-refractivity contribution in [2.45, 2.75) is 57.4 Å². The number of carbonyl (C=O) groups is 2. The van der Waals surface area contributed by atoms with E-state index in [1.54, 1.807) is 6.20 Å². The maximum atomic E-state index is 13.3. The molecule has 0 unspecified atom stereocenters. The van der Waals surface area contributed by atoms with Gasteiger partial charge in [0.1, 0.15) is 5.69 Å². The highest BCUT2D eigenvalue weighted by atomic mass is 16.2. The summed E-state index contributed by atoms with van der Waals surface area (Å²) in [6.07, 6.45) is 8.65. The van der Waals surface area contributed by atoms with Crippen LogP contribution in [0.25, 0.3) is 11.5 Å². The highest BCUT2D eigenvalue weighted by Crippen LogP contribution is 2.30. The number of hydrogen-bond acceptors (Lipinski definition) is 5. The number of amides is 2. The predicted molar refractivity (Wildman–Crippen MR) is 119 cm³/mol. The molecule has 5 rings (SSSR count). The lowest BCUT2D eigenvalue weighted by Gasteiger charge is -2.31. The normalized spacial score (nSPS) is 22.0. The summed E-state index contributed by atoms with van der Waals surface area (Å²) in [7, 11) is 0.